The van der Waals surface area contributed by atoms with Gasteiger partial charge in [-0.3, -0.25) is 4.79 Å². The third kappa shape index (κ3) is 2.60. The fraction of sp³-hybridized carbons (Fsp3) is 0.846. The van der Waals surface area contributed by atoms with E-state index in [4.69, 9.17) is 9.84 Å². The predicted molar refractivity (Wildman–Crippen MR) is 65.1 cm³/mol. The van der Waals surface area contributed by atoms with E-state index in [-0.39, 0.29) is 17.9 Å². The number of nitrogens with one attached hydrogen (secondary N) is 1. The molecule has 2 fully saturated rings. The average molecular weight is 255 g/mol. The molecule has 0 unspecified atom stereocenters. The summed E-state index contributed by atoms with van der Waals surface area (Å²) in [6.07, 6.45) is 2.15. The molecule has 0 aromatic rings. The smallest absolute Gasteiger partial charge is 0.407 e. The Morgan fingerprint density at radius 2 is 1.94 bits per heavy atom. The van der Waals surface area contributed by atoms with Crippen LogP contribution in [-0.4, -0.2) is 28.8 Å². The van der Waals surface area contributed by atoms with E-state index in [1.807, 2.05) is 20.8 Å². The van der Waals surface area contributed by atoms with Crippen molar-refractivity contribution in [2.24, 2.45) is 17.8 Å². The number of carbonyl (C=O) groups is 2. The molecular formula is C13H21NO4. The predicted octanol–water partition coefficient (Wildman–Crippen LogP) is 2.01. The fourth-order valence-electron chi connectivity index (χ4n) is 3.28. The molecule has 2 bridgehead atoms. The van der Waals surface area contributed by atoms with Gasteiger partial charge in [-0.05, 0) is 51.9 Å². The molecule has 0 spiro atoms. The first-order chi connectivity index (χ1) is 8.28. The standard InChI is InChI=1S/C13H21NO4/c1-13(2,3)18-12(17)14-10-7-4-5-8(10)9(6-7)11(15)16/h7-10H,4-6H2,1-3H3,(H,14,17)(H,15,16)/t7-,8-,9+,10-/m0/s1. The number of amides is 1. The third-order valence-electron chi connectivity index (χ3n) is 3.91. The second-order valence-corrected chi connectivity index (χ2v) is 6.35. The Kier molecular flexibility index (Phi) is 3.25. The zero-order valence-electron chi connectivity index (χ0n) is 11.1. The second-order valence-electron chi connectivity index (χ2n) is 6.35. The van der Waals surface area contributed by atoms with Crippen LogP contribution in [0.1, 0.15) is 40.0 Å². The minimum atomic E-state index is -0.738. The van der Waals surface area contributed by atoms with Gasteiger partial charge in [0.15, 0.2) is 0 Å². The Morgan fingerprint density at radius 3 is 2.44 bits per heavy atom. The number of alkyl carbamates (subject to hydrolysis) is 1. The molecule has 2 aliphatic carbocycles. The van der Waals surface area contributed by atoms with E-state index in [1.165, 1.54) is 0 Å². The van der Waals surface area contributed by atoms with Crippen LogP contribution in [0.4, 0.5) is 4.79 Å². The quantitative estimate of drug-likeness (QED) is 0.791. The van der Waals surface area contributed by atoms with E-state index < -0.39 is 17.7 Å². The minimum Gasteiger partial charge on any atom is -0.481 e. The molecule has 0 aromatic carbocycles. The summed E-state index contributed by atoms with van der Waals surface area (Å²) in [5.74, 6) is -0.675. The molecule has 1 amide bonds. The topological polar surface area (TPSA) is 75.6 Å². The molecule has 0 aromatic heterocycles. The highest BCUT2D eigenvalue weighted by atomic mass is 16.6. The first-order valence-electron chi connectivity index (χ1n) is 6.50. The molecule has 4 atom stereocenters. The van der Waals surface area contributed by atoms with Crippen LogP contribution in [0, 0.1) is 17.8 Å². The maximum atomic E-state index is 11.7. The highest BCUT2D eigenvalue weighted by molar-refractivity contribution is 5.72. The Labute approximate surface area is 107 Å². The van der Waals surface area contributed by atoms with Crippen molar-refractivity contribution in [1.29, 1.82) is 0 Å². The van der Waals surface area contributed by atoms with Gasteiger partial charge in [-0.2, -0.15) is 0 Å². The number of fused-ring (bicyclic) bond motifs is 2. The summed E-state index contributed by atoms with van der Waals surface area (Å²) in [4.78, 5) is 22.8. The van der Waals surface area contributed by atoms with Crippen molar-refractivity contribution in [2.75, 3.05) is 0 Å². The zero-order valence-corrected chi connectivity index (χ0v) is 11.1. The maximum absolute atomic E-state index is 11.7. The molecule has 2 rings (SSSR count). The van der Waals surface area contributed by atoms with E-state index >= 15 is 0 Å². The molecule has 5 nitrogen and oxygen atoms in total. The van der Waals surface area contributed by atoms with Crippen LogP contribution >= 0.6 is 0 Å². The number of hydrogen-bond donors (Lipinski definition) is 2. The van der Waals surface area contributed by atoms with Gasteiger partial charge in [0.2, 0.25) is 0 Å². The maximum Gasteiger partial charge on any atom is 0.407 e. The fourth-order valence-corrected chi connectivity index (χ4v) is 3.28. The second kappa shape index (κ2) is 4.44. The molecule has 102 valence electrons. The normalized spacial score (nSPS) is 34.4. The van der Waals surface area contributed by atoms with Gasteiger partial charge in [0.05, 0.1) is 5.92 Å². The lowest BCUT2D eigenvalue weighted by atomic mass is 9.89. The van der Waals surface area contributed by atoms with Gasteiger partial charge < -0.3 is 15.2 Å². The number of carboxylic acid groups (broad SMARTS) is 1. The van der Waals surface area contributed by atoms with Crippen molar-refractivity contribution in [1.82, 2.24) is 5.32 Å². The van der Waals surface area contributed by atoms with E-state index in [0.29, 0.717) is 12.3 Å². The van der Waals surface area contributed by atoms with Crippen LogP contribution in [0.2, 0.25) is 0 Å². The first kappa shape index (κ1) is 13.2. The van der Waals surface area contributed by atoms with Crippen molar-refractivity contribution in [3.63, 3.8) is 0 Å². The molecule has 2 saturated carbocycles. The Balaban J connectivity index is 1.95. The summed E-state index contributed by atoms with van der Waals surface area (Å²) in [7, 11) is 0. The van der Waals surface area contributed by atoms with Crippen LogP contribution in [0.25, 0.3) is 0 Å². The van der Waals surface area contributed by atoms with Gasteiger partial charge >= 0.3 is 12.1 Å². The van der Waals surface area contributed by atoms with Gasteiger partial charge in [0, 0.05) is 6.04 Å². The minimum absolute atomic E-state index is 0.0269. The molecular weight excluding hydrogens is 234 g/mol. The van der Waals surface area contributed by atoms with E-state index in [0.717, 1.165) is 12.8 Å². The molecule has 5 heteroatoms. The third-order valence-corrected chi connectivity index (χ3v) is 3.91. The lowest BCUT2D eigenvalue weighted by molar-refractivity contribution is -0.143. The van der Waals surface area contributed by atoms with E-state index in [2.05, 4.69) is 5.32 Å². The van der Waals surface area contributed by atoms with Crippen molar-refractivity contribution in [2.45, 2.75) is 51.7 Å². The molecule has 0 saturated heterocycles. The van der Waals surface area contributed by atoms with Crippen LogP contribution < -0.4 is 5.32 Å². The summed E-state index contributed by atoms with van der Waals surface area (Å²) < 4.78 is 5.22. The van der Waals surface area contributed by atoms with Gasteiger partial charge in [-0.25, -0.2) is 4.79 Å². The molecule has 2 N–H and O–H groups in total. The van der Waals surface area contributed by atoms with Crippen molar-refractivity contribution in [3.05, 3.63) is 0 Å². The summed E-state index contributed by atoms with van der Waals surface area (Å²) in [5.41, 5.74) is -0.520. The number of carboxylic acids is 1. The number of hydrogen-bond acceptors (Lipinski definition) is 3. The summed E-state index contributed by atoms with van der Waals surface area (Å²) in [6.45, 7) is 5.45. The number of ether oxygens (including phenoxy) is 1. The Morgan fingerprint density at radius 1 is 1.28 bits per heavy atom. The molecule has 2 aliphatic rings. The zero-order chi connectivity index (χ0) is 13.5. The van der Waals surface area contributed by atoms with Gasteiger partial charge in [-0.1, -0.05) is 0 Å². The molecule has 0 radical (unpaired) electrons. The largest absolute Gasteiger partial charge is 0.481 e. The van der Waals surface area contributed by atoms with Gasteiger partial charge in [-0.15, -0.1) is 0 Å². The van der Waals surface area contributed by atoms with Crippen molar-refractivity contribution >= 4 is 12.1 Å². The number of carbonyl (C=O) groups excluding carboxylic acids is 1. The Hall–Kier alpha value is -1.26. The van der Waals surface area contributed by atoms with E-state index in [1.54, 1.807) is 0 Å². The lowest BCUT2D eigenvalue weighted by Crippen LogP contribution is -2.42. The van der Waals surface area contributed by atoms with Gasteiger partial charge in [0.25, 0.3) is 0 Å². The van der Waals surface area contributed by atoms with Crippen LogP contribution in [0.5, 0.6) is 0 Å². The van der Waals surface area contributed by atoms with Crippen molar-refractivity contribution in [3.8, 4) is 0 Å². The SMILES string of the molecule is CC(C)(C)OC(=O)N[C@H]1[C@H]2CC[C@H]1[C@H](C(=O)O)C2. The molecule has 0 aliphatic heterocycles. The lowest BCUT2D eigenvalue weighted by Gasteiger charge is -2.24. The van der Waals surface area contributed by atoms with Gasteiger partial charge in [0.1, 0.15) is 5.60 Å². The number of aliphatic carboxylic acids is 1. The van der Waals surface area contributed by atoms with E-state index in [9.17, 15) is 9.59 Å². The monoisotopic (exact) mass is 255 g/mol. The Bertz CT molecular complexity index is 360. The number of rotatable bonds is 2. The average Bonchev–Trinajstić information content (AvgIpc) is 2.72. The van der Waals surface area contributed by atoms with Crippen LogP contribution in [-0.2, 0) is 9.53 Å². The van der Waals surface area contributed by atoms with Crippen LogP contribution in [0.3, 0.4) is 0 Å². The van der Waals surface area contributed by atoms with Crippen LogP contribution in [0.15, 0.2) is 0 Å². The summed E-state index contributed by atoms with van der Waals surface area (Å²) >= 11 is 0. The highest BCUT2D eigenvalue weighted by Gasteiger charge is 2.51. The molecule has 0 heterocycles. The molecule has 18 heavy (non-hydrogen) atoms. The summed E-state index contributed by atoms with van der Waals surface area (Å²) in [5, 5.41) is 12.0. The highest BCUT2D eigenvalue weighted by Crippen LogP contribution is 2.48. The van der Waals surface area contributed by atoms with Crippen molar-refractivity contribution < 1.29 is 19.4 Å². The summed E-state index contributed by atoms with van der Waals surface area (Å²) in [6, 6.07) is -0.0269. The first-order valence-corrected chi connectivity index (χ1v) is 6.50.